The summed E-state index contributed by atoms with van der Waals surface area (Å²) >= 11 is 0. The van der Waals surface area contributed by atoms with Crippen LogP contribution in [0.4, 0.5) is 0 Å². The van der Waals surface area contributed by atoms with Crippen molar-refractivity contribution in [2.24, 2.45) is 0 Å². The van der Waals surface area contributed by atoms with E-state index in [1.165, 1.54) is 11.1 Å². The molecule has 0 spiro atoms. The third-order valence-electron chi connectivity index (χ3n) is 3.47. The van der Waals surface area contributed by atoms with Crippen LogP contribution in [0, 0.1) is 6.92 Å². The van der Waals surface area contributed by atoms with E-state index in [0.29, 0.717) is 0 Å². The molecular weight excluding hydrogens is 226 g/mol. The van der Waals surface area contributed by atoms with Crippen LogP contribution >= 0.6 is 0 Å². The number of nitrogens with zero attached hydrogens (tertiary/aromatic N) is 3. The molecule has 1 saturated heterocycles. The Morgan fingerprint density at radius 3 is 2.61 bits per heavy atom. The maximum absolute atomic E-state index is 11.2. The molecule has 1 amide bonds. The summed E-state index contributed by atoms with van der Waals surface area (Å²) < 4.78 is 0. The molecule has 0 aromatic carbocycles. The quantitative estimate of drug-likeness (QED) is 0.802. The van der Waals surface area contributed by atoms with E-state index < -0.39 is 0 Å². The average molecular weight is 247 g/mol. The lowest BCUT2D eigenvalue weighted by atomic mass is 10.1. The van der Waals surface area contributed by atoms with Gasteiger partial charge in [0.15, 0.2) is 0 Å². The minimum Gasteiger partial charge on any atom is -0.340 e. The molecule has 4 nitrogen and oxygen atoms in total. The predicted octanol–water partition coefficient (Wildman–Crippen LogP) is 1.10. The van der Waals surface area contributed by atoms with Crippen molar-refractivity contribution in [1.82, 2.24) is 14.8 Å². The van der Waals surface area contributed by atoms with Crippen molar-refractivity contribution in [1.29, 1.82) is 0 Å². The number of hydrogen-bond donors (Lipinski definition) is 0. The van der Waals surface area contributed by atoms with E-state index in [0.717, 1.165) is 39.1 Å². The summed E-state index contributed by atoms with van der Waals surface area (Å²) in [7, 11) is 0. The standard InChI is InChI=1S/C14H21N3O/c1-12-9-14(11-15-10-12)3-4-16-5-7-17(8-6-16)13(2)18/h9-11H,3-8H2,1-2H3. The van der Waals surface area contributed by atoms with Gasteiger partial charge in [-0.25, -0.2) is 0 Å². The zero-order valence-corrected chi connectivity index (χ0v) is 11.2. The summed E-state index contributed by atoms with van der Waals surface area (Å²) in [5.41, 5.74) is 2.51. The molecule has 1 aliphatic rings. The maximum Gasteiger partial charge on any atom is 0.219 e. The molecule has 1 fully saturated rings. The highest BCUT2D eigenvalue weighted by Gasteiger charge is 2.17. The lowest BCUT2D eigenvalue weighted by Crippen LogP contribution is -2.48. The minimum absolute atomic E-state index is 0.192. The van der Waals surface area contributed by atoms with Crippen LogP contribution in [-0.2, 0) is 11.2 Å². The van der Waals surface area contributed by atoms with Gasteiger partial charge in [0.2, 0.25) is 5.91 Å². The Labute approximate surface area is 109 Å². The molecule has 1 aromatic rings. The van der Waals surface area contributed by atoms with Gasteiger partial charge in [0.05, 0.1) is 0 Å². The number of rotatable bonds is 3. The van der Waals surface area contributed by atoms with Crippen molar-refractivity contribution >= 4 is 5.91 Å². The molecule has 98 valence electrons. The van der Waals surface area contributed by atoms with E-state index in [1.54, 1.807) is 6.92 Å². The fourth-order valence-electron chi connectivity index (χ4n) is 2.33. The highest BCUT2D eigenvalue weighted by Crippen LogP contribution is 2.06. The first kappa shape index (κ1) is 13.0. The third-order valence-corrected chi connectivity index (χ3v) is 3.47. The van der Waals surface area contributed by atoms with Crippen LogP contribution in [0.5, 0.6) is 0 Å². The van der Waals surface area contributed by atoms with Gasteiger partial charge < -0.3 is 4.90 Å². The molecule has 0 N–H and O–H groups in total. The molecule has 0 saturated carbocycles. The second kappa shape index (κ2) is 5.96. The number of aromatic nitrogens is 1. The molecule has 2 heterocycles. The summed E-state index contributed by atoms with van der Waals surface area (Å²) in [5.74, 6) is 0.192. The first-order valence-electron chi connectivity index (χ1n) is 6.53. The van der Waals surface area contributed by atoms with Gasteiger partial charge in [0.25, 0.3) is 0 Å². The fraction of sp³-hybridized carbons (Fsp3) is 0.571. The van der Waals surface area contributed by atoms with Gasteiger partial charge in [0.1, 0.15) is 0 Å². The smallest absolute Gasteiger partial charge is 0.219 e. The van der Waals surface area contributed by atoms with Crippen LogP contribution in [0.2, 0.25) is 0 Å². The highest BCUT2D eigenvalue weighted by molar-refractivity contribution is 5.73. The van der Waals surface area contributed by atoms with Crippen LogP contribution in [0.15, 0.2) is 18.5 Å². The van der Waals surface area contributed by atoms with Crippen LogP contribution in [0.25, 0.3) is 0 Å². The van der Waals surface area contributed by atoms with Crippen LogP contribution in [-0.4, -0.2) is 53.4 Å². The van der Waals surface area contributed by atoms with Gasteiger partial charge >= 0.3 is 0 Å². The molecule has 0 aliphatic carbocycles. The Morgan fingerprint density at radius 2 is 2.00 bits per heavy atom. The second-order valence-electron chi connectivity index (χ2n) is 4.97. The molecule has 0 atom stereocenters. The van der Waals surface area contributed by atoms with Crippen LogP contribution in [0.1, 0.15) is 18.1 Å². The van der Waals surface area contributed by atoms with Gasteiger partial charge in [0, 0.05) is 52.0 Å². The van der Waals surface area contributed by atoms with E-state index in [9.17, 15) is 4.79 Å². The van der Waals surface area contributed by atoms with Crippen molar-refractivity contribution in [2.45, 2.75) is 20.3 Å². The fourth-order valence-corrected chi connectivity index (χ4v) is 2.33. The second-order valence-corrected chi connectivity index (χ2v) is 4.97. The first-order valence-corrected chi connectivity index (χ1v) is 6.53. The number of pyridine rings is 1. The van der Waals surface area contributed by atoms with Gasteiger partial charge in [-0.05, 0) is 24.5 Å². The van der Waals surface area contributed by atoms with Crippen molar-refractivity contribution in [3.05, 3.63) is 29.6 Å². The summed E-state index contributed by atoms with van der Waals surface area (Å²) in [4.78, 5) is 19.8. The molecule has 2 rings (SSSR count). The van der Waals surface area contributed by atoms with Crippen LogP contribution < -0.4 is 0 Å². The zero-order valence-electron chi connectivity index (χ0n) is 11.2. The van der Waals surface area contributed by atoms with Gasteiger partial charge in [-0.3, -0.25) is 14.7 Å². The highest BCUT2D eigenvalue weighted by atomic mass is 16.2. The SMILES string of the molecule is CC(=O)N1CCN(CCc2cncc(C)c2)CC1. The number of aryl methyl sites for hydroxylation is 1. The van der Waals surface area contributed by atoms with E-state index in [-0.39, 0.29) is 5.91 Å². The molecule has 0 unspecified atom stereocenters. The Hall–Kier alpha value is -1.42. The van der Waals surface area contributed by atoms with Crippen molar-refractivity contribution in [3.63, 3.8) is 0 Å². The Kier molecular flexibility index (Phi) is 4.31. The van der Waals surface area contributed by atoms with E-state index in [2.05, 4.69) is 22.9 Å². The monoisotopic (exact) mass is 247 g/mol. The normalized spacial score (nSPS) is 16.9. The number of amides is 1. The van der Waals surface area contributed by atoms with Gasteiger partial charge in [-0.1, -0.05) is 6.07 Å². The van der Waals surface area contributed by atoms with Gasteiger partial charge in [-0.2, -0.15) is 0 Å². The minimum atomic E-state index is 0.192. The topological polar surface area (TPSA) is 36.4 Å². The number of piperazine rings is 1. The zero-order chi connectivity index (χ0) is 13.0. The Bertz CT molecular complexity index is 411. The van der Waals surface area contributed by atoms with Crippen molar-refractivity contribution in [3.8, 4) is 0 Å². The van der Waals surface area contributed by atoms with E-state index in [4.69, 9.17) is 0 Å². The third kappa shape index (κ3) is 3.53. The molecule has 0 bridgehead atoms. The Balaban J connectivity index is 1.77. The molecule has 1 aromatic heterocycles. The molecule has 0 radical (unpaired) electrons. The summed E-state index contributed by atoms with van der Waals surface area (Å²) in [6.07, 6.45) is 4.86. The summed E-state index contributed by atoms with van der Waals surface area (Å²) in [6.45, 7) is 8.47. The summed E-state index contributed by atoms with van der Waals surface area (Å²) in [5, 5.41) is 0. The predicted molar refractivity (Wildman–Crippen MR) is 71.4 cm³/mol. The van der Waals surface area contributed by atoms with E-state index in [1.807, 2.05) is 17.3 Å². The van der Waals surface area contributed by atoms with Crippen molar-refractivity contribution in [2.75, 3.05) is 32.7 Å². The molecule has 18 heavy (non-hydrogen) atoms. The molecule has 1 aliphatic heterocycles. The van der Waals surface area contributed by atoms with Crippen molar-refractivity contribution < 1.29 is 4.79 Å². The lowest BCUT2D eigenvalue weighted by Gasteiger charge is -2.34. The number of carbonyl (C=O) groups excluding carboxylic acids is 1. The summed E-state index contributed by atoms with van der Waals surface area (Å²) in [6, 6.07) is 2.19. The number of hydrogen-bond acceptors (Lipinski definition) is 3. The van der Waals surface area contributed by atoms with Gasteiger partial charge in [-0.15, -0.1) is 0 Å². The molecular formula is C14H21N3O. The van der Waals surface area contributed by atoms with Crippen LogP contribution in [0.3, 0.4) is 0 Å². The average Bonchev–Trinajstić information content (AvgIpc) is 2.37. The van der Waals surface area contributed by atoms with E-state index >= 15 is 0 Å². The Morgan fingerprint density at radius 1 is 1.28 bits per heavy atom. The number of carbonyl (C=O) groups is 1. The molecule has 4 heteroatoms. The largest absolute Gasteiger partial charge is 0.340 e. The lowest BCUT2D eigenvalue weighted by molar-refractivity contribution is -0.130. The first-order chi connectivity index (χ1) is 8.65. The maximum atomic E-state index is 11.2.